The van der Waals surface area contributed by atoms with Crippen LogP contribution in [-0.2, 0) is 0 Å². The van der Waals surface area contributed by atoms with Crippen LogP contribution in [0.3, 0.4) is 0 Å². The summed E-state index contributed by atoms with van der Waals surface area (Å²) in [6.07, 6.45) is 4.76. The van der Waals surface area contributed by atoms with Crippen LogP contribution in [0.4, 0.5) is 0 Å². The summed E-state index contributed by atoms with van der Waals surface area (Å²) in [5, 5.41) is 8.04. The van der Waals surface area contributed by atoms with E-state index in [1.807, 2.05) is 0 Å². The SMILES string of the molecule is CC1CC(NC(=O)c2cnc3sccn3c2=O)CCN1.Cl. The second-order valence-corrected chi connectivity index (χ2v) is 5.96. The molecule has 1 saturated heterocycles. The van der Waals surface area contributed by atoms with Crippen molar-refractivity contribution in [1.82, 2.24) is 20.0 Å². The van der Waals surface area contributed by atoms with Crippen LogP contribution in [0.5, 0.6) is 0 Å². The summed E-state index contributed by atoms with van der Waals surface area (Å²) < 4.78 is 1.41. The predicted molar refractivity (Wildman–Crippen MR) is 84.5 cm³/mol. The number of halogens is 1. The number of nitrogens with zero attached hydrogens (tertiary/aromatic N) is 2. The third kappa shape index (κ3) is 3.25. The smallest absolute Gasteiger partial charge is 0.271 e. The molecular formula is C13H17ClN4O2S. The van der Waals surface area contributed by atoms with Crippen LogP contribution in [0.25, 0.3) is 4.96 Å². The Kier molecular flexibility index (Phi) is 4.97. The monoisotopic (exact) mass is 328 g/mol. The van der Waals surface area contributed by atoms with Gasteiger partial charge in [0.2, 0.25) is 0 Å². The van der Waals surface area contributed by atoms with Crippen LogP contribution < -0.4 is 16.2 Å². The van der Waals surface area contributed by atoms with Gasteiger partial charge in [-0.2, -0.15) is 0 Å². The Morgan fingerprint density at radius 1 is 1.57 bits per heavy atom. The normalized spacial score (nSPS) is 21.8. The molecule has 1 fully saturated rings. The van der Waals surface area contributed by atoms with Crippen molar-refractivity contribution in [1.29, 1.82) is 0 Å². The summed E-state index contributed by atoms with van der Waals surface area (Å²) in [5.41, 5.74) is -0.206. The van der Waals surface area contributed by atoms with E-state index in [-0.39, 0.29) is 35.5 Å². The van der Waals surface area contributed by atoms with Gasteiger partial charge in [-0.15, -0.1) is 23.7 Å². The number of hydrogen-bond donors (Lipinski definition) is 2. The number of aromatic nitrogens is 2. The first kappa shape index (κ1) is 15.9. The van der Waals surface area contributed by atoms with Crippen molar-refractivity contribution in [2.24, 2.45) is 0 Å². The first-order valence-electron chi connectivity index (χ1n) is 6.64. The van der Waals surface area contributed by atoms with Gasteiger partial charge in [0.15, 0.2) is 4.96 Å². The molecule has 2 atom stereocenters. The van der Waals surface area contributed by atoms with Gasteiger partial charge in [0.25, 0.3) is 11.5 Å². The van der Waals surface area contributed by atoms with E-state index < -0.39 is 0 Å². The Morgan fingerprint density at radius 2 is 2.38 bits per heavy atom. The second-order valence-electron chi connectivity index (χ2n) is 5.08. The van der Waals surface area contributed by atoms with E-state index in [1.165, 1.54) is 21.9 Å². The number of carbonyl (C=O) groups excluding carboxylic acids is 1. The van der Waals surface area contributed by atoms with Crippen molar-refractivity contribution in [3.8, 4) is 0 Å². The molecular weight excluding hydrogens is 312 g/mol. The van der Waals surface area contributed by atoms with Crippen molar-refractivity contribution < 1.29 is 4.79 Å². The van der Waals surface area contributed by atoms with Crippen molar-refractivity contribution in [3.05, 3.63) is 33.7 Å². The molecule has 2 unspecified atom stereocenters. The largest absolute Gasteiger partial charge is 0.349 e. The number of nitrogens with one attached hydrogen (secondary N) is 2. The highest BCUT2D eigenvalue weighted by molar-refractivity contribution is 7.15. The van der Waals surface area contributed by atoms with Gasteiger partial charge in [0.05, 0.1) is 0 Å². The fourth-order valence-electron chi connectivity index (χ4n) is 2.51. The third-order valence-electron chi connectivity index (χ3n) is 3.55. The minimum absolute atomic E-state index is 0. The minimum Gasteiger partial charge on any atom is -0.349 e. The molecule has 3 heterocycles. The highest BCUT2D eigenvalue weighted by atomic mass is 35.5. The maximum atomic E-state index is 12.2. The Morgan fingerprint density at radius 3 is 3.14 bits per heavy atom. The highest BCUT2D eigenvalue weighted by Gasteiger charge is 2.22. The Balaban J connectivity index is 0.00000161. The number of hydrogen-bond acceptors (Lipinski definition) is 5. The lowest BCUT2D eigenvalue weighted by Gasteiger charge is -2.28. The summed E-state index contributed by atoms with van der Waals surface area (Å²) in [6, 6.07) is 0.494. The van der Waals surface area contributed by atoms with Gasteiger partial charge in [-0.05, 0) is 26.3 Å². The molecule has 0 spiro atoms. The summed E-state index contributed by atoms with van der Waals surface area (Å²) >= 11 is 1.37. The molecule has 1 aliphatic rings. The van der Waals surface area contributed by atoms with Crippen LogP contribution in [0.15, 0.2) is 22.6 Å². The van der Waals surface area contributed by atoms with Crippen molar-refractivity contribution in [2.75, 3.05) is 6.54 Å². The molecule has 1 amide bonds. The molecule has 2 aromatic heterocycles. The average Bonchev–Trinajstić information content (AvgIpc) is 2.88. The molecule has 0 aliphatic carbocycles. The molecule has 3 rings (SSSR count). The molecule has 1 aliphatic heterocycles. The first-order chi connectivity index (χ1) is 9.65. The Hall–Kier alpha value is -1.44. The van der Waals surface area contributed by atoms with E-state index in [4.69, 9.17) is 0 Å². The van der Waals surface area contributed by atoms with E-state index in [9.17, 15) is 9.59 Å². The molecule has 2 aromatic rings. The lowest BCUT2D eigenvalue weighted by Crippen LogP contribution is -2.47. The van der Waals surface area contributed by atoms with Gasteiger partial charge in [-0.1, -0.05) is 0 Å². The van der Waals surface area contributed by atoms with Gasteiger partial charge in [-0.25, -0.2) is 4.98 Å². The van der Waals surface area contributed by atoms with E-state index in [0.717, 1.165) is 19.4 Å². The van der Waals surface area contributed by atoms with Crippen LogP contribution in [0, 0.1) is 0 Å². The van der Waals surface area contributed by atoms with E-state index >= 15 is 0 Å². The Bertz CT molecular complexity index is 699. The summed E-state index contributed by atoms with van der Waals surface area (Å²) in [6.45, 7) is 2.97. The van der Waals surface area contributed by atoms with Gasteiger partial charge in [0.1, 0.15) is 5.56 Å². The highest BCUT2D eigenvalue weighted by Crippen LogP contribution is 2.09. The number of amides is 1. The fourth-order valence-corrected chi connectivity index (χ4v) is 3.18. The maximum Gasteiger partial charge on any atom is 0.271 e. The zero-order valence-electron chi connectivity index (χ0n) is 11.5. The summed E-state index contributed by atoms with van der Waals surface area (Å²) in [5.74, 6) is -0.331. The number of thiazole rings is 1. The van der Waals surface area contributed by atoms with Crippen LogP contribution in [0.1, 0.15) is 30.1 Å². The first-order valence-corrected chi connectivity index (χ1v) is 7.52. The summed E-state index contributed by atoms with van der Waals surface area (Å²) in [4.78, 5) is 29.2. The molecule has 0 bridgehead atoms. The zero-order valence-corrected chi connectivity index (χ0v) is 13.2. The van der Waals surface area contributed by atoms with Crippen LogP contribution in [0.2, 0.25) is 0 Å². The van der Waals surface area contributed by atoms with Crippen LogP contribution in [-0.4, -0.2) is 33.9 Å². The van der Waals surface area contributed by atoms with Gasteiger partial charge in [0, 0.05) is 29.9 Å². The lowest BCUT2D eigenvalue weighted by molar-refractivity contribution is 0.0923. The molecule has 21 heavy (non-hydrogen) atoms. The molecule has 8 heteroatoms. The van der Waals surface area contributed by atoms with Crippen molar-refractivity contribution in [2.45, 2.75) is 31.8 Å². The van der Waals surface area contributed by atoms with Gasteiger partial charge in [-0.3, -0.25) is 14.0 Å². The minimum atomic E-state index is -0.331. The third-order valence-corrected chi connectivity index (χ3v) is 4.32. The predicted octanol–water partition coefficient (Wildman–Crippen LogP) is 1.05. The number of fused-ring (bicyclic) bond motifs is 1. The van der Waals surface area contributed by atoms with Gasteiger partial charge < -0.3 is 10.6 Å². The zero-order chi connectivity index (χ0) is 14.1. The van der Waals surface area contributed by atoms with E-state index in [1.54, 1.807) is 11.6 Å². The standard InChI is InChI=1S/C13H16N4O2S.ClH/c1-8-6-9(2-3-14-8)16-11(18)10-7-15-13-17(12(10)19)4-5-20-13;/h4-5,7-9,14H,2-3,6H2,1H3,(H,16,18);1H. The fraction of sp³-hybridized carbons (Fsp3) is 0.462. The molecule has 6 nitrogen and oxygen atoms in total. The number of rotatable bonds is 2. The quantitative estimate of drug-likeness (QED) is 0.864. The Labute approximate surface area is 132 Å². The van der Waals surface area contributed by atoms with Crippen molar-refractivity contribution in [3.63, 3.8) is 0 Å². The lowest BCUT2D eigenvalue weighted by atomic mass is 10.0. The van der Waals surface area contributed by atoms with Crippen molar-refractivity contribution >= 4 is 34.6 Å². The molecule has 114 valence electrons. The second kappa shape index (κ2) is 6.55. The number of carbonyl (C=O) groups is 1. The topological polar surface area (TPSA) is 75.5 Å². The molecule has 0 aromatic carbocycles. The summed E-state index contributed by atoms with van der Waals surface area (Å²) in [7, 11) is 0. The van der Waals surface area contributed by atoms with E-state index in [0.29, 0.717) is 11.0 Å². The maximum absolute atomic E-state index is 12.2. The van der Waals surface area contributed by atoms with E-state index in [2.05, 4.69) is 22.5 Å². The van der Waals surface area contributed by atoms with Gasteiger partial charge >= 0.3 is 0 Å². The molecule has 0 saturated carbocycles. The molecule has 2 N–H and O–H groups in total. The van der Waals surface area contributed by atoms with Crippen LogP contribution >= 0.6 is 23.7 Å². The molecule has 0 radical (unpaired) electrons. The average molecular weight is 329 g/mol. The number of piperidine rings is 1.